The van der Waals surface area contributed by atoms with Gasteiger partial charge in [-0.25, -0.2) is 0 Å². The second kappa shape index (κ2) is 4.23. The van der Waals surface area contributed by atoms with Gasteiger partial charge in [0.1, 0.15) is 12.3 Å². The average Bonchev–Trinajstić information content (AvgIpc) is 2.33. The Morgan fingerprint density at radius 3 is 3.06 bits per heavy atom. The normalized spacial score (nSPS) is 14.2. The van der Waals surface area contributed by atoms with Crippen LogP contribution in [0.1, 0.15) is 15.9 Å². The summed E-state index contributed by atoms with van der Waals surface area (Å²) in [6, 6.07) is 7.50. The number of hydrogen-bond acceptors (Lipinski definition) is 3. The molecule has 0 bridgehead atoms. The Kier molecular flexibility index (Phi) is 2.78. The van der Waals surface area contributed by atoms with Crippen molar-refractivity contribution in [3.63, 3.8) is 0 Å². The zero-order valence-corrected chi connectivity index (χ0v) is 9.06. The van der Waals surface area contributed by atoms with Crippen LogP contribution in [0.15, 0.2) is 18.2 Å². The van der Waals surface area contributed by atoms with Crippen molar-refractivity contribution in [3.05, 3.63) is 29.3 Å². The molecule has 0 N–H and O–H groups in total. The summed E-state index contributed by atoms with van der Waals surface area (Å²) in [4.78, 5) is 13.6. The number of nitrogens with zero attached hydrogens (tertiary/aromatic N) is 2. The van der Waals surface area contributed by atoms with Crippen molar-refractivity contribution in [3.8, 4) is 11.8 Å². The standard InChI is InChI=1S/C12H12N2O2/c1-16-10-3-2-9-4-6-14(7-5-13)12(15)11(9)8-10/h2-3,8H,4,6-7H2,1H3. The molecule has 0 aromatic heterocycles. The van der Waals surface area contributed by atoms with E-state index < -0.39 is 0 Å². The molecule has 16 heavy (non-hydrogen) atoms. The summed E-state index contributed by atoms with van der Waals surface area (Å²) < 4.78 is 5.09. The van der Waals surface area contributed by atoms with E-state index in [0.717, 1.165) is 12.0 Å². The molecular formula is C12H12N2O2. The topological polar surface area (TPSA) is 53.3 Å². The number of carbonyl (C=O) groups is 1. The third-order valence-electron chi connectivity index (χ3n) is 2.75. The monoisotopic (exact) mass is 216 g/mol. The highest BCUT2D eigenvalue weighted by atomic mass is 16.5. The summed E-state index contributed by atoms with van der Waals surface area (Å²) in [6.45, 7) is 0.765. The quantitative estimate of drug-likeness (QED) is 0.698. The molecule has 0 saturated carbocycles. The van der Waals surface area contributed by atoms with Crippen LogP contribution in [0.2, 0.25) is 0 Å². The van der Waals surface area contributed by atoms with E-state index >= 15 is 0 Å². The molecule has 0 saturated heterocycles. The Balaban J connectivity index is 2.35. The van der Waals surface area contributed by atoms with Crippen LogP contribution in [0.4, 0.5) is 0 Å². The van der Waals surface area contributed by atoms with Gasteiger partial charge in [0.2, 0.25) is 0 Å². The lowest BCUT2D eigenvalue weighted by molar-refractivity contribution is 0.0760. The third kappa shape index (κ3) is 1.72. The fraction of sp³-hybridized carbons (Fsp3) is 0.333. The maximum Gasteiger partial charge on any atom is 0.255 e. The molecule has 82 valence electrons. The van der Waals surface area contributed by atoms with E-state index in [1.54, 1.807) is 18.1 Å². The highest BCUT2D eigenvalue weighted by molar-refractivity contribution is 5.97. The maximum atomic E-state index is 12.0. The van der Waals surface area contributed by atoms with Crippen molar-refractivity contribution in [2.45, 2.75) is 6.42 Å². The van der Waals surface area contributed by atoms with Gasteiger partial charge in [-0.15, -0.1) is 0 Å². The first-order valence-corrected chi connectivity index (χ1v) is 5.09. The molecular weight excluding hydrogens is 204 g/mol. The van der Waals surface area contributed by atoms with Crippen LogP contribution in [0.3, 0.4) is 0 Å². The zero-order valence-electron chi connectivity index (χ0n) is 9.06. The lowest BCUT2D eigenvalue weighted by Crippen LogP contribution is -2.37. The second-order valence-electron chi connectivity index (χ2n) is 3.66. The molecule has 4 nitrogen and oxygen atoms in total. The maximum absolute atomic E-state index is 12.0. The van der Waals surface area contributed by atoms with Crippen LogP contribution in [0.25, 0.3) is 0 Å². The smallest absolute Gasteiger partial charge is 0.255 e. The van der Waals surface area contributed by atoms with Gasteiger partial charge in [-0.3, -0.25) is 4.79 Å². The van der Waals surface area contributed by atoms with Gasteiger partial charge in [-0.2, -0.15) is 5.26 Å². The van der Waals surface area contributed by atoms with Gasteiger partial charge in [0.25, 0.3) is 5.91 Å². The Morgan fingerprint density at radius 2 is 2.38 bits per heavy atom. The Morgan fingerprint density at radius 1 is 1.56 bits per heavy atom. The molecule has 1 aromatic rings. The molecule has 0 spiro atoms. The van der Waals surface area contributed by atoms with Crippen molar-refractivity contribution in [1.82, 2.24) is 4.90 Å². The van der Waals surface area contributed by atoms with Crippen molar-refractivity contribution >= 4 is 5.91 Å². The van der Waals surface area contributed by atoms with Crippen molar-refractivity contribution < 1.29 is 9.53 Å². The first-order chi connectivity index (χ1) is 7.76. The van der Waals surface area contributed by atoms with Gasteiger partial charge >= 0.3 is 0 Å². The molecule has 1 aliphatic heterocycles. The van der Waals surface area contributed by atoms with E-state index in [2.05, 4.69) is 0 Å². The number of ether oxygens (including phenoxy) is 1. The van der Waals surface area contributed by atoms with Crippen LogP contribution >= 0.6 is 0 Å². The molecule has 2 rings (SSSR count). The number of hydrogen-bond donors (Lipinski definition) is 0. The van der Waals surface area contributed by atoms with Crippen LogP contribution < -0.4 is 4.74 Å². The summed E-state index contributed by atoms with van der Waals surface area (Å²) in [5.41, 5.74) is 1.68. The first kappa shape index (κ1) is 10.5. The van der Waals surface area contributed by atoms with Gasteiger partial charge in [0.15, 0.2) is 0 Å². The minimum absolute atomic E-state index is 0.0818. The van der Waals surface area contributed by atoms with Crippen molar-refractivity contribution in [1.29, 1.82) is 5.26 Å². The molecule has 0 atom stereocenters. The molecule has 0 unspecified atom stereocenters. The largest absolute Gasteiger partial charge is 0.497 e. The minimum atomic E-state index is -0.0818. The SMILES string of the molecule is COc1ccc2c(c1)C(=O)N(CC#N)CC2. The summed E-state index contributed by atoms with van der Waals surface area (Å²) in [5, 5.41) is 8.62. The minimum Gasteiger partial charge on any atom is -0.497 e. The van der Waals surface area contributed by atoms with Gasteiger partial charge < -0.3 is 9.64 Å². The number of carbonyl (C=O) groups excluding carboxylic acids is 1. The second-order valence-corrected chi connectivity index (χ2v) is 3.66. The van der Waals surface area contributed by atoms with Crippen LogP contribution in [-0.4, -0.2) is 31.0 Å². The number of nitriles is 1. The Bertz CT molecular complexity index is 463. The van der Waals surface area contributed by atoms with E-state index in [9.17, 15) is 4.79 Å². The summed E-state index contributed by atoms with van der Waals surface area (Å²) in [6.07, 6.45) is 0.798. The van der Waals surface area contributed by atoms with Crippen molar-refractivity contribution in [2.75, 3.05) is 20.2 Å². The third-order valence-corrected chi connectivity index (χ3v) is 2.75. The Hall–Kier alpha value is -2.02. The van der Waals surface area contributed by atoms with Gasteiger partial charge in [0.05, 0.1) is 13.2 Å². The molecule has 1 aliphatic rings. The van der Waals surface area contributed by atoms with E-state index in [4.69, 9.17) is 10.00 Å². The molecule has 0 radical (unpaired) electrons. The molecule has 0 fully saturated rings. The fourth-order valence-corrected chi connectivity index (χ4v) is 1.86. The molecule has 1 amide bonds. The highest BCUT2D eigenvalue weighted by Gasteiger charge is 2.24. The van der Waals surface area contributed by atoms with Crippen LogP contribution in [0, 0.1) is 11.3 Å². The number of methoxy groups -OCH3 is 1. The predicted molar refractivity (Wildman–Crippen MR) is 58.2 cm³/mol. The summed E-state index contributed by atoms with van der Waals surface area (Å²) in [7, 11) is 1.57. The van der Waals surface area contributed by atoms with Crippen LogP contribution in [0.5, 0.6) is 5.75 Å². The van der Waals surface area contributed by atoms with Crippen molar-refractivity contribution in [2.24, 2.45) is 0 Å². The number of fused-ring (bicyclic) bond motifs is 1. The van der Waals surface area contributed by atoms with E-state index in [0.29, 0.717) is 17.9 Å². The fourth-order valence-electron chi connectivity index (χ4n) is 1.86. The van der Waals surface area contributed by atoms with E-state index in [-0.39, 0.29) is 12.5 Å². The lowest BCUT2D eigenvalue weighted by atomic mass is 9.99. The molecule has 1 aromatic carbocycles. The number of amides is 1. The Labute approximate surface area is 94.0 Å². The molecule has 1 heterocycles. The van der Waals surface area contributed by atoms with E-state index in [1.807, 2.05) is 18.2 Å². The van der Waals surface area contributed by atoms with Crippen LogP contribution in [-0.2, 0) is 6.42 Å². The van der Waals surface area contributed by atoms with Gasteiger partial charge in [0, 0.05) is 12.1 Å². The number of benzene rings is 1. The summed E-state index contributed by atoms with van der Waals surface area (Å²) >= 11 is 0. The van der Waals surface area contributed by atoms with Gasteiger partial charge in [-0.1, -0.05) is 6.07 Å². The van der Waals surface area contributed by atoms with Gasteiger partial charge in [-0.05, 0) is 24.1 Å². The lowest BCUT2D eigenvalue weighted by Gasteiger charge is -2.26. The first-order valence-electron chi connectivity index (χ1n) is 5.09. The summed E-state index contributed by atoms with van der Waals surface area (Å²) in [5.74, 6) is 0.590. The average molecular weight is 216 g/mol. The number of rotatable bonds is 2. The van der Waals surface area contributed by atoms with E-state index in [1.165, 1.54) is 0 Å². The molecule has 4 heteroatoms. The highest BCUT2D eigenvalue weighted by Crippen LogP contribution is 2.23. The molecule has 0 aliphatic carbocycles. The predicted octanol–water partition coefficient (Wildman–Crippen LogP) is 1.22. The zero-order chi connectivity index (χ0) is 11.5.